The van der Waals surface area contributed by atoms with Crippen LogP contribution in [0.4, 0.5) is 0 Å². The van der Waals surface area contributed by atoms with Gasteiger partial charge in [0.15, 0.2) is 0 Å². The van der Waals surface area contributed by atoms with Crippen LogP contribution in [0.2, 0.25) is 0 Å². The van der Waals surface area contributed by atoms with Crippen LogP contribution in [0, 0.1) is 13.8 Å². The molecule has 0 N–H and O–H groups in total. The number of fused-ring (bicyclic) bond motifs is 1. The largest absolute Gasteiger partial charge is 0.352 e. The summed E-state index contributed by atoms with van der Waals surface area (Å²) in [6, 6.07) is 1.91. The number of allylic oxidation sites excluding steroid dienone is 2. The van der Waals surface area contributed by atoms with Crippen molar-refractivity contribution in [2.24, 2.45) is 7.05 Å². The summed E-state index contributed by atoms with van der Waals surface area (Å²) in [4.78, 5) is 32.5. The van der Waals surface area contributed by atoms with Crippen LogP contribution in [-0.4, -0.2) is 26.1 Å². The average Bonchev–Trinajstić information content (AvgIpc) is 2.70. The summed E-state index contributed by atoms with van der Waals surface area (Å²) in [5.74, 6) is -0.523. The first kappa shape index (κ1) is 12.5. The second kappa shape index (κ2) is 4.23. The molecule has 0 amide bonds. The number of Topliss-reactive ketones (excluding diaryl/α,β-unsaturated/α-hetero) is 1. The van der Waals surface area contributed by atoms with Crippen LogP contribution < -0.4 is 0 Å². The van der Waals surface area contributed by atoms with Gasteiger partial charge < -0.3 is 4.57 Å². The molecule has 1 aliphatic rings. The zero-order valence-corrected chi connectivity index (χ0v) is 11.5. The van der Waals surface area contributed by atoms with E-state index in [0.29, 0.717) is 5.57 Å². The zero-order chi connectivity index (χ0) is 14.4. The maximum absolute atomic E-state index is 12.5. The Morgan fingerprint density at radius 1 is 1.05 bits per heavy atom. The van der Waals surface area contributed by atoms with E-state index in [0.717, 1.165) is 17.0 Å². The zero-order valence-electron chi connectivity index (χ0n) is 11.5. The van der Waals surface area contributed by atoms with E-state index in [1.807, 2.05) is 31.5 Å². The maximum Gasteiger partial charge on any atom is 0.214 e. The molecule has 2 aromatic rings. The third kappa shape index (κ3) is 1.63. The molecular weight excluding hydrogens is 254 g/mol. The van der Waals surface area contributed by atoms with E-state index < -0.39 is 0 Å². The Labute approximate surface area is 116 Å². The Balaban J connectivity index is 2.20. The number of hydrogen-bond acceptors (Lipinski definition) is 4. The van der Waals surface area contributed by atoms with Crippen LogP contribution in [0.15, 0.2) is 24.5 Å². The molecule has 5 heteroatoms. The van der Waals surface area contributed by atoms with E-state index >= 15 is 0 Å². The molecule has 2 aromatic heterocycles. The molecule has 0 saturated carbocycles. The highest BCUT2D eigenvalue weighted by Crippen LogP contribution is 2.29. The molecule has 3 rings (SSSR count). The predicted molar refractivity (Wildman–Crippen MR) is 73.6 cm³/mol. The van der Waals surface area contributed by atoms with Crippen molar-refractivity contribution in [3.63, 3.8) is 0 Å². The monoisotopic (exact) mass is 267 g/mol. The molecule has 1 aliphatic carbocycles. The van der Waals surface area contributed by atoms with Gasteiger partial charge in [-0.05, 0) is 26.0 Å². The summed E-state index contributed by atoms with van der Waals surface area (Å²) in [7, 11) is 1.93. The Kier molecular flexibility index (Phi) is 2.64. The molecule has 0 radical (unpaired) electrons. The summed E-state index contributed by atoms with van der Waals surface area (Å²) in [6.45, 7) is 3.88. The fourth-order valence-electron chi connectivity index (χ4n) is 2.41. The van der Waals surface area contributed by atoms with Crippen LogP contribution >= 0.6 is 0 Å². The maximum atomic E-state index is 12.5. The van der Waals surface area contributed by atoms with E-state index in [2.05, 4.69) is 9.97 Å². The van der Waals surface area contributed by atoms with Gasteiger partial charge in [0.25, 0.3) is 0 Å². The molecule has 0 unspecified atom stereocenters. The predicted octanol–water partition coefficient (Wildman–Crippen LogP) is 1.89. The summed E-state index contributed by atoms with van der Waals surface area (Å²) < 4.78 is 1.99. The Hall–Kier alpha value is -2.56. The smallest absolute Gasteiger partial charge is 0.214 e. The minimum absolute atomic E-state index is 0.131. The van der Waals surface area contributed by atoms with Gasteiger partial charge in [0.2, 0.25) is 11.6 Å². The second-order valence-electron chi connectivity index (χ2n) is 4.85. The van der Waals surface area contributed by atoms with Gasteiger partial charge >= 0.3 is 0 Å². The topological polar surface area (TPSA) is 64.8 Å². The van der Waals surface area contributed by atoms with E-state index in [1.54, 1.807) is 0 Å². The minimum Gasteiger partial charge on any atom is -0.352 e. The average molecular weight is 267 g/mol. The number of rotatable bonds is 1. The van der Waals surface area contributed by atoms with Gasteiger partial charge in [-0.15, -0.1) is 0 Å². The van der Waals surface area contributed by atoms with E-state index in [1.165, 1.54) is 18.5 Å². The first-order valence-electron chi connectivity index (χ1n) is 6.25. The molecular formula is C15H13N3O2. The molecule has 0 fully saturated rings. The van der Waals surface area contributed by atoms with Crippen molar-refractivity contribution in [1.29, 1.82) is 0 Å². The Morgan fingerprint density at radius 3 is 2.30 bits per heavy atom. The molecule has 0 bridgehead atoms. The van der Waals surface area contributed by atoms with Gasteiger partial charge in [-0.3, -0.25) is 9.59 Å². The fraction of sp³-hybridized carbons (Fsp3) is 0.200. The molecule has 100 valence electrons. The first-order valence-corrected chi connectivity index (χ1v) is 6.25. The lowest BCUT2D eigenvalue weighted by atomic mass is 9.92. The lowest BCUT2D eigenvalue weighted by Gasteiger charge is -2.13. The van der Waals surface area contributed by atoms with Crippen molar-refractivity contribution in [1.82, 2.24) is 14.5 Å². The normalized spacial score (nSPS) is 14.2. The number of carbonyl (C=O) groups is 2. The summed E-state index contributed by atoms with van der Waals surface area (Å²) >= 11 is 0. The molecule has 0 aliphatic heterocycles. The van der Waals surface area contributed by atoms with Gasteiger partial charge in [-0.2, -0.15) is 0 Å². The Morgan fingerprint density at radius 2 is 1.70 bits per heavy atom. The quantitative estimate of drug-likeness (QED) is 0.791. The van der Waals surface area contributed by atoms with Crippen LogP contribution in [0.3, 0.4) is 0 Å². The van der Waals surface area contributed by atoms with Crippen molar-refractivity contribution >= 4 is 17.1 Å². The van der Waals surface area contributed by atoms with Gasteiger partial charge in [0.1, 0.15) is 11.4 Å². The van der Waals surface area contributed by atoms with Crippen molar-refractivity contribution in [3.05, 3.63) is 52.9 Å². The third-order valence-electron chi connectivity index (χ3n) is 3.73. The second-order valence-corrected chi connectivity index (χ2v) is 4.85. The number of aromatic nitrogens is 3. The number of hydrogen-bond donors (Lipinski definition) is 0. The summed E-state index contributed by atoms with van der Waals surface area (Å²) in [5, 5.41) is 0. The van der Waals surface area contributed by atoms with Crippen LogP contribution in [0.5, 0.6) is 0 Å². The van der Waals surface area contributed by atoms with Crippen LogP contribution in [0.1, 0.15) is 37.9 Å². The number of ketones is 2. The van der Waals surface area contributed by atoms with Crippen molar-refractivity contribution < 1.29 is 9.59 Å². The van der Waals surface area contributed by atoms with Gasteiger partial charge in [-0.1, -0.05) is 0 Å². The van der Waals surface area contributed by atoms with Crippen LogP contribution in [0.25, 0.3) is 5.57 Å². The molecule has 0 spiro atoms. The van der Waals surface area contributed by atoms with E-state index in [4.69, 9.17) is 0 Å². The van der Waals surface area contributed by atoms with Crippen molar-refractivity contribution in [2.45, 2.75) is 13.8 Å². The van der Waals surface area contributed by atoms with Gasteiger partial charge in [0, 0.05) is 42.0 Å². The van der Waals surface area contributed by atoms with Gasteiger partial charge in [-0.25, -0.2) is 9.97 Å². The summed E-state index contributed by atoms with van der Waals surface area (Å²) in [6.07, 6.45) is 4.21. The highest BCUT2D eigenvalue weighted by molar-refractivity contribution is 6.37. The molecule has 0 aromatic carbocycles. The van der Waals surface area contributed by atoms with E-state index in [-0.39, 0.29) is 23.0 Å². The van der Waals surface area contributed by atoms with Crippen molar-refractivity contribution in [2.75, 3.05) is 0 Å². The summed E-state index contributed by atoms with van der Waals surface area (Å²) in [5.41, 5.74) is 3.41. The molecule has 20 heavy (non-hydrogen) atoms. The molecule has 2 heterocycles. The number of aryl methyl sites for hydroxylation is 1. The third-order valence-corrected chi connectivity index (χ3v) is 3.73. The first-order chi connectivity index (χ1) is 9.50. The highest BCUT2D eigenvalue weighted by Gasteiger charge is 2.30. The minimum atomic E-state index is -0.274. The van der Waals surface area contributed by atoms with Gasteiger partial charge in [0.05, 0.1) is 0 Å². The molecule has 0 atom stereocenters. The van der Waals surface area contributed by atoms with Crippen LogP contribution in [-0.2, 0) is 7.05 Å². The molecule has 0 saturated heterocycles. The number of nitrogens with zero attached hydrogens (tertiary/aromatic N) is 3. The van der Waals surface area contributed by atoms with Crippen molar-refractivity contribution in [3.8, 4) is 0 Å². The standard InChI is InChI=1S/C15H13N3O2/c1-8-6-10(9(2)18(8)3)11-7-12(19)13-14(15(11)20)17-5-4-16-13/h4-7H,1-3H3. The molecule has 5 nitrogen and oxygen atoms in total. The lowest BCUT2D eigenvalue weighted by molar-refractivity contribution is 0.0994. The van der Waals surface area contributed by atoms with E-state index in [9.17, 15) is 9.59 Å². The SMILES string of the molecule is Cc1cc(C2=CC(=O)c3nccnc3C2=O)c(C)n1C. The lowest BCUT2D eigenvalue weighted by Crippen LogP contribution is -2.19. The fourth-order valence-corrected chi connectivity index (χ4v) is 2.41. The highest BCUT2D eigenvalue weighted by atomic mass is 16.1. The number of carbonyl (C=O) groups excluding carboxylic acids is 2. The Bertz CT molecular complexity index is 784.